The van der Waals surface area contributed by atoms with Gasteiger partial charge in [0.1, 0.15) is 18.3 Å². The zero-order valence-corrected chi connectivity index (χ0v) is 15.8. The number of piperidine rings is 2. The lowest BCUT2D eigenvalue weighted by atomic mass is 9.82. The number of nitrogens with one attached hydrogen (secondary N) is 2. The largest absolute Gasteiger partial charge is 0.347 e. The van der Waals surface area contributed by atoms with E-state index in [1.807, 2.05) is 0 Å². The minimum absolute atomic E-state index is 0.0893. The predicted octanol–water partition coefficient (Wildman–Crippen LogP) is 2.65. The van der Waals surface area contributed by atoms with Crippen LogP contribution in [0.1, 0.15) is 31.4 Å². The van der Waals surface area contributed by atoms with Gasteiger partial charge in [-0.25, -0.2) is 9.37 Å². The molecule has 5 heterocycles. The van der Waals surface area contributed by atoms with Crippen molar-refractivity contribution in [2.75, 3.05) is 0 Å². The van der Waals surface area contributed by atoms with E-state index in [2.05, 4.69) is 25.5 Å². The number of rotatable bonds is 3. The standard InChI is InChI=1S/C21H21FN6O/c22-21-13(8-14-2-1-3-18(21)25-14)9-15-4-5-17(27-26-15)16-11-24-20(10-19(16)29)28-7-6-23-12-28/h4-7,9-12,14,18,21,25H,1-3,8H2,(H,24,29)/b13-9+/t14?,18?,21-/m0/s1. The van der Waals surface area contributed by atoms with Gasteiger partial charge in [0.2, 0.25) is 0 Å². The summed E-state index contributed by atoms with van der Waals surface area (Å²) >= 11 is 0. The van der Waals surface area contributed by atoms with Crippen LogP contribution in [0.5, 0.6) is 0 Å². The van der Waals surface area contributed by atoms with Gasteiger partial charge in [-0.05, 0) is 43.0 Å². The Labute approximate surface area is 166 Å². The highest BCUT2D eigenvalue weighted by Gasteiger charge is 2.36. The molecule has 2 unspecified atom stereocenters. The van der Waals surface area contributed by atoms with Crippen molar-refractivity contribution in [3.63, 3.8) is 0 Å². The minimum atomic E-state index is -0.980. The number of imidazole rings is 1. The van der Waals surface area contributed by atoms with E-state index in [9.17, 15) is 9.18 Å². The molecular weight excluding hydrogens is 371 g/mol. The topological polar surface area (TPSA) is 88.5 Å². The maximum atomic E-state index is 14.7. The number of halogens is 1. The number of fused-ring (bicyclic) bond motifs is 2. The van der Waals surface area contributed by atoms with Crippen molar-refractivity contribution < 1.29 is 4.39 Å². The van der Waals surface area contributed by atoms with E-state index >= 15 is 0 Å². The molecule has 148 valence electrons. The Kier molecular flexibility index (Phi) is 4.55. The van der Waals surface area contributed by atoms with Gasteiger partial charge in [0, 0.05) is 36.7 Å². The second-order valence-corrected chi connectivity index (χ2v) is 7.64. The van der Waals surface area contributed by atoms with Gasteiger partial charge >= 0.3 is 0 Å². The number of nitrogens with zero attached hydrogens (tertiary/aromatic N) is 4. The van der Waals surface area contributed by atoms with Gasteiger partial charge in [0.05, 0.1) is 17.0 Å². The molecule has 0 spiro atoms. The zero-order chi connectivity index (χ0) is 19.8. The maximum Gasteiger partial charge on any atom is 0.193 e. The third-order valence-electron chi connectivity index (χ3n) is 5.68. The molecule has 2 aliphatic rings. The van der Waals surface area contributed by atoms with Crippen LogP contribution < -0.4 is 10.7 Å². The van der Waals surface area contributed by atoms with Crippen LogP contribution in [0.2, 0.25) is 0 Å². The first-order valence-corrected chi connectivity index (χ1v) is 9.83. The minimum Gasteiger partial charge on any atom is -0.347 e. The average molecular weight is 392 g/mol. The monoisotopic (exact) mass is 392 g/mol. The number of hydrogen-bond acceptors (Lipinski definition) is 5. The Hall–Kier alpha value is -3.13. The van der Waals surface area contributed by atoms with E-state index in [-0.39, 0.29) is 11.5 Å². The summed E-state index contributed by atoms with van der Waals surface area (Å²) in [5.74, 6) is 0.621. The lowest BCUT2D eigenvalue weighted by molar-refractivity contribution is 0.179. The van der Waals surface area contributed by atoms with Crippen molar-refractivity contribution in [1.29, 1.82) is 0 Å². The number of aromatic nitrogens is 5. The summed E-state index contributed by atoms with van der Waals surface area (Å²) in [6.45, 7) is 0. The fraction of sp³-hybridized carbons (Fsp3) is 0.333. The van der Waals surface area contributed by atoms with E-state index < -0.39 is 6.17 Å². The van der Waals surface area contributed by atoms with Gasteiger partial charge < -0.3 is 10.3 Å². The Morgan fingerprint density at radius 2 is 2.17 bits per heavy atom. The normalized spacial score (nSPS) is 25.3. The molecule has 8 heteroatoms. The van der Waals surface area contributed by atoms with Crippen molar-refractivity contribution >= 4 is 6.08 Å². The van der Waals surface area contributed by atoms with Gasteiger partial charge in [-0.2, -0.15) is 5.10 Å². The molecule has 0 amide bonds. The highest BCUT2D eigenvalue weighted by atomic mass is 19.1. The number of hydrogen-bond donors (Lipinski definition) is 2. The van der Waals surface area contributed by atoms with E-state index in [0.717, 1.165) is 24.8 Å². The molecule has 0 saturated carbocycles. The van der Waals surface area contributed by atoms with Crippen LogP contribution in [-0.4, -0.2) is 43.0 Å². The highest BCUT2D eigenvalue weighted by Crippen LogP contribution is 2.32. The average Bonchev–Trinajstić information content (AvgIpc) is 3.28. The van der Waals surface area contributed by atoms with Crippen molar-refractivity contribution in [3.8, 4) is 17.1 Å². The van der Waals surface area contributed by atoms with Crippen LogP contribution in [0.15, 0.2) is 53.5 Å². The number of alkyl halides is 1. The molecule has 7 nitrogen and oxygen atoms in total. The molecule has 3 atom stereocenters. The van der Waals surface area contributed by atoms with Crippen LogP contribution in [-0.2, 0) is 0 Å². The molecule has 2 fully saturated rings. The third kappa shape index (κ3) is 3.51. The van der Waals surface area contributed by atoms with E-state index in [1.54, 1.807) is 47.7 Å². The SMILES string of the molecule is O=c1cc(-n2ccnc2)[nH]cc1-c1ccc(/C=C2\CC3CCCC(N3)[C@H]2F)nn1. The molecule has 3 aromatic heterocycles. The summed E-state index contributed by atoms with van der Waals surface area (Å²) in [5.41, 5.74) is 2.13. The van der Waals surface area contributed by atoms with Gasteiger partial charge in [-0.3, -0.25) is 9.36 Å². The first-order valence-electron chi connectivity index (χ1n) is 9.83. The number of H-pyrrole nitrogens is 1. The first kappa shape index (κ1) is 17.9. The summed E-state index contributed by atoms with van der Waals surface area (Å²) in [6, 6.07) is 5.29. The molecule has 2 bridgehead atoms. The smallest absolute Gasteiger partial charge is 0.193 e. The van der Waals surface area contributed by atoms with Gasteiger partial charge in [-0.1, -0.05) is 6.42 Å². The summed E-state index contributed by atoms with van der Waals surface area (Å²) in [4.78, 5) is 19.5. The molecule has 29 heavy (non-hydrogen) atoms. The Balaban J connectivity index is 1.39. The van der Waals surface area contributed by atoms with E-state index in [1.165, 1.54) is 6.07 Å². The van der Waals surface area contributed by atoms with Crippen LogP contribution in [0.4, 0.5) is 4.39 Å². The fourth-order valence-corrected chi connectivity index (χ4v) is 4.20. The predicted molar refractivity (Wildman–Crippen MR) is 107 cm³/mol. The molecule has 3 aromatic rings. The van der Waals surface area contributed by atoms with E-state index in [0.29, 0.717) is 35.2 Å². The van der Waals surface area contributed by atoms with Crippen molar-refractivity contribution in [2.24, 2.45) is 0 Å². The van der Waals surface area contributed by atoms with Crippen LogP contribution in [0.25, 0.3) is 23.2 Å². The third-order valence-corrected chi connectivity index (χ3v) is 5.68. The lowest BCUT2D eigenvalue weighted by Gasteiger charge is -2.39. The molecule has 5 rings (SSSR count). The summed E-state index contributed by atoms with van der Waals surface area (Å²) in [7, 11) is 0. The Morgan fingerprint density at radius 1 is 1.24 bits per heavy atom. The molecule has 2 N–H and O–H groups in total. The molecule has 2 aliphatic heterocycles. The molecular formula is C21H21FN6O. The highest BCUT2D eigenvalue weighted by molar-refractivity contribution is 5.60. The van der Waals surface area contributed by atoms with Crippen LogP contribution >= 0.6 is 0 Å². The first-order chi connectivity index (χ1) is 14.2. The summed E-state index contributed by atoms with van der Waals surface area (Å²) in [5, 5.41) is 11.8. The molecule has 0 aromatic carbocycles. The summed E-state index contributed by atoms with van der Waals surface area (Å²) < 4.78 is 16.4. The van der Waals surface area contributed by atoms with E-state index in [4.69, 9.17) is 0 Å². The van der Waals surface area contributed by atoms with Crippen LogP contribution in [0, 0.1) is 0 Å². The maximum absolute atomic E-state index is 14.7. The second-order valence-electron chi connectivity index (χ2n) is 7.64. The molecule has 0 aliphatic carbocycles. The molecule has 0 radical (unpaired) electrons. The fourth-order valence-electron chi connectivity index (χ4n) is 4.20. The number of pyridine rings is 1. The quantitative estimate of drug-likeness (QED) is 0.715. The Morgan fingerprint density at radius 3 is 2.93 bits per heavy atom. The van der Waals surface area contributed by atoms with Gasteiger partial charge in [0.25, 0.3) is 0 Å². The van der Waals surface area contributed by atoms with Gasteiger partial charge in [-0.15, -0.1) is 5.10 Å². The van der Waals surface area contributed by atoms with Crippen molar-refractivity contribution in [2.45, 2.75) is 43.9 Å². The van der Waals surface area contributed by atoms with Crippen LogP contribution in [0.3, 0.4) is 0 Å². The van der Waals surface area contributed by atoms with Gasteiger partial charge in [0.15, 0.2) is 5.43 Å². The summed E-state index contributed by atoms with van der Waals surface area (Å²) in [6.07, 6.45) is 11.2. The Bertz CT molecular complexity index is 1090. The lowest BCUT2D eigenvalue weighted by Crippen LogP contribution is -2.52. The van der Waals surface area contributed by atoms with Crippen molar-refractivity contribution in [1.82, 2.24) is 30.0 Å². The second kappa shape index (κ2) is 7.36. The molecule has 2 saturated heterocycles. The van der Waals surface area contributed by atoms with Crippen molar-refractivity contribution in [3.05, 3.63) is 64.6 Å². The zero-order valence-electron chi connectivity index (χ0n) is 15.8. The number of aromatic amines is 1.